The lowest BCUT2D eigenvalue weighted by molar-refractivity contribution is -0.137. The van der Waals surface area contributed by atoms with Crippen LogP contribution in [0.5, 0.6) is 0 Å². The Balaban J connectivity index is 1.37. The standard InChI is InChI=1S/C21H21F3N6O/c1-15-4-2-7-18(12-15)28-8-10-29(11-9-28)19(31)14-30-26-20(25-27-30)16-5-3-6-17(13-16)21(22,23)24/h2-7,12-13H,8-11,14H2,1H3. The maximum Gasteiger partial charge on any atom is 0.416 e. The van der Waals surface area contributed by atoms with Crippen molar-refractivity contribution in [3.8, 4) is 11.4 Å². The first kappa shape index (κ1) is 20.8. The fraction of sp³-hybridized carbons (Fsp3) is 0.333. The number of hydrogen-bond donors (Lipinski definition) is 0. The number of hydrogen-bond acceptors (Lipinski definition) is 5. The van der Waals surface area contributed by atoms with Gasteiger partial charge in [0.15, 0.2) is 0 Å². The van der Waals surface area contributed by atoms with Gasteiger partial charge in [-0.05, 0) is 42.0 Å². The third-order valence-electron chi connectivity index (χ3n) is 5.18. The first-order chi connectivity index (χ1) is 14.8. The van der Waals surface area contributed by atoms with Crippen molar-refractivity contribution in [3.05, 3.63) is 59.7 Å². The first-order valence-corrected chi connectivity index (χ1v) is 9.84. The number of rotatable bonds is 4. The highest BCUT2D eigenvalue weighted by molar-refractivity contribution is 5.76. The molecule has 2 heterocycles. The molecule has 0 bridgehead atoms. The second kappa shape index (κ2) is 8.37. The second-order valence-electron chi connectivity index (χ2n) is 7.43. The number of nitrogens with zero attached hydrogens (tertiary/aromatic N) is 6. The summed E-state index contributed by atoms with van der Waals surface area (Å²) in [6.07, 6.45) is -4.46. The highest BCUT2D eigenvalue weighted by atomic mass is 19.4. The number of carbonyl (C=O) groups excluding carboxylic acids is 1. The maximum absolute atomic E-state index is 12.9. The second-order valence-corrected chi connectivity index (χ2v) is 7.43. The Morgan fingerprint density at radius 3 is 2.48 bits per heavy atom. The summed E-state index contributed by atoms with van der Waals surface area (Å²) in [7, 11) is 0. The molecule has 31 heavy (non-hydrogen) atoms. The predicted molar refractivity (Wildman–Crippen MR) is 108 cm³/mol. The van der Waals surface area contributed by atoms with Crippen LogP contribution in [0.1, 0.15) is 11.1 Å². The molecule has 0 aliphatic carbocycles. The van der Waals surface area contributed by atoms with Crippen molar-refractivity contribution < 1.29 is 18.0 Å². The molecule has 4 rings (SSSR count). The van der Waals surface area contributed by atoms with E-state index in [0.29, 0.717) is 13.1 Å². The fourth-order valence-electron chi connectivity index (χ4n) is 3.52. The number of anilines is 1. The van der Waals surface area contributed by atoms with Crippen molar-refractivity contribution in [1.29, 1.82) is 0 Å². The number of aromatic nitrogens is 4. The summed E-state index contributed by atoms with van der Waals surface area (Å²) in [6, 6.07) is 12.9. The van der Waals surface area contributed by atoms with Crippen LogP contribution in [0.25, 0.3) is 11.4 Å². The van der Waals surface area contributed by atoms with Gasteiger partial charge in [-0.15, -0.1) is 10.2 Å². The summed E-state index contributed by atoms with van der Waals surface area (Å²) in [5.41, 5.74) is 1.73. The summed E-state index contributed by atoms with van der Waals surface area (Å²) < 4.78 is 38.7. The third kappa shape index (κ3) is 4.84. The zero-order chi connectivity index (χ0) is 22.0. The van der Waals surface area contributed by atoms with Crippen LogP contribution >= 0.6 is 0 Å². The highest BCUT2D eigenvalue weighted by Crippen LogP contribution is 2.31. The van der Waals surface area contributed by atoms with Gasteiger partial charge in [0.05, 0.1) is 5.56 Å². The Morgan fingerprint density at radius 1 is 1.03 bits per heavy atom. The smallest absolute Gasteiger partial charge is 0.368 e. The average molecular weight is 430 g/mol. The normalized spacial score (nSPS) is 14.7. The lowest BCUT2D eigenvalue weighted by Crippen LogP contribution is -2.49. The fourth-order valence-corrected chi connectivity index (χ4v) is 3.52. The van der Waals surface area contributed by atoms with E-state index in [9.17, 15) is 18.0 Å². The van der Waals surface area contributed by atoms with E-state index in [-0.39, 0.29) is 23.8 Å². The summed E-state index contributed by atoms with van der Waals surface area (Å²) in [4.78, 5) is 17.7. The minimum atomic E-state index is -4.46. The number of carbonyl (C=O) groups is 1. The van der Waals surface area contributed by atoms with Crippen LogP contribution in [0.2, 0.25) is 0 Å². The van der Waals surface area contributed by atoms with Gasteiger partial charge in [-0.2, -0.15) is 18.0 Å². The summed E-state index contributed by atoms with van der Waals surface area (Å²) in [5, 5.41) is 11.7. The molecule has 1 aromatic heterocycles. The van der Waals surface area contributed by atoms with Crippen molar-refractivity contribution in [2.75, 3.05) is 31.1 Å². The summed E-state index contributed by atoms with van der Waals surface area (Å²) in [5.74, 6) is -0.111. The number of halogens is 3. The van der Waals surface area contributed by atoms with Crippen molar-refractivity contribution in [2.24, 2.45) is 0 Å². The molecule has 10 heteroatoms. The molecule has 1 amide bonds. The molecule has 0 saturated carbocycles. The predicted octanol–water partition coefficient (Wildman–Crippen LogP) is 3.02. The van der Waals surface area contributed by atoms with Crippen LogP contribution in [-0.2, 0) is 17.5 Å². The largest absolute Gasteiger partial charge is 0.416 e. The van der Waals surface area contributed by atoms with Crippen molar-refractivity contribution in [3.63, 3.8) is 0 Å². The van der Waals surface area contributed by atoms with Crippen molar-refractivity contribution in [1.82, 2.24) is 25.1 Å². The molecule has 2 aromatic carbocycles. The Morgan fingerprint density at radius 2 is 1.77 bits per heavy atom. The molecular formula is C21H21F3N6O. The third-order valence-corrected chi connectivity index (χ3v) is 5.18. The van der Waals surface area contributed by atoms with E-state index in [2.05, 4.69) is 32.4 Å². The number of amides is 1. The quantitative estimate of drug-likeness (QED) is 0.637. The molecule has 0 unspecified atom stereocenters. The Bertz CT molecular complexity index is 1070. The van der Waals surface area contributed by atoms with E-state index < -0.39 is 11.7 Å². The number of tetrazole rings is 1. The monoisotopic (exact) mass is 430 g/mol. The molecule has 0 radical (unpaired) electrons. The van der Waals surface area contributed by atoms with Gasteiger partial charge in [0, 0.05) is 37.4 Å². The van der Waals surface area contributed by atoms with Gasteiger partial charge in [-0.3, -0.25) is 4.79 Å². The lowest BCUT2D eigenvalue weighted by Gasteiger charge is -2.36. The zero-order valence-corrected chi connectivity index (χ0v) is 16.9. The number of alkyl halides is 3. The van der Waals surface area contributed by atoms with E-state index in [0.717, 1.165) is 35.7 Å². The molecule has 0 N–H and O–H groups in total. The zero-order valence-electron chi connectivity index (χ0n) is 16.9. The van der Waals surface area contributed by atoms with E-state index in [1.807, 2.05) is 19.1 Å². The lowest BCUT2D eigenvalue weighted by atomic mass is 10.1. The van der Waals surface area contributed by atoms with Gasteiger partial charge in [-0.1, -0.05) is 24.3 Å². The molecule has 1 fully saturated rings. The van der Waals surface area contributed by atoms with E-state index >= 15 is 0 Å². The molecule has 0 spiro atoms. The molecule has 1 aliphatic rings. The molecule has 1 saturated heterocycles. The van der Waals surface area contributed by atoms with Crippen LogP contribution in [0.3, 0.4) is 0 Å². The van der Waals surface area contributed by atoms with Crippen LogP contribution in [0, 0.1) is 6.92 Å². The number of benzene rings is 2. The van der Waals surface area contributed by atoms with Gasteiger partial charge >= 0.3 is 6.18 Å². The SMILES string of the molecule is Cc1cccc(N2CCN(C(=O)Cn3nnc(-c4cccc(C(F)(F)F)c4)n3)CC2)c1. The average Bonchev–Trinajstić information content (AvgIpc) is 3.22. The van der Waals surface area contributed by atoms with Crippen molar-refractivity contribution in [2.45, 2.75) is 19.6 Å². The minimum absolute atomic E-state index is 0.0446. The number of piperazine rings is 1. The Labute approximate surface area is 177 Å². The Hall–Kier alpha value is -3.43. The van der Waals surface area contributed by atoms with Gasteiger partial charge in [0.1, 0.15) is 6.54 Å². The molecular weight excluding hydrogens is 409 g/mol. The van der Waals surface area contributed by atoms with Gasteiger partial charge in [-0.25, -0.2) is 0 Å². The number of aryl methyl sites for hydroxylation is 1. The maximum atomic E-state index is 12.9. The molecule has 0 atom stereocenters. The summed E-state index contributed by atoms with van der Waals surface area (Å²) in [6.45, 7) is 4.51. The molecule has 162 valence electrons. The van der Waals surface area contributed by atoms with Gasteiger partial charge < -0.3 is 9.80 Å². The van der Waals surface area contributed by atoms with Gasteiger partial charge in [0.2, 0.25) is 11.7 Å². The van der Waals surface area contributed by atoms with E-state index in [1.54, 1.807) is 4.90 Å². The van der Waals surface area contributed by atoms with E-state index in [4.69, 9.17) is 0 Å². The van der Waals surface area contributed by atoms with Crippen LogP contribution < -0.4 is 4.90 Å². The van der Waals surface area contributed by atoms with Gasteiger partial charge in [0.25, 0.3) is 0 Å². The molecule has 7 nitrogen and oxygen atoms in total. The van der Waals surface area contributed by atoms with E-state index in [1.165, 1.54) is 17.7 Å². The molecule has 3 aromatic rings. The van der Waals surface area contributed by atoms with Crippen LogP contribution in [-0.4, -0.2) is 57.2 Å². The molecule has 1 aliphatic heterocycles. The van der Waals surface area contributed by atoms with Crippen molar-refractivity contribution >= 4 is 11.6 Å². The topological polar surface area (TPSA) is 67.2 Å². The first-order valence-electron chi connectivity index (χ1n) is 9.84. The minimum Gasteiger partial charge on any atom is -0.368 e. The Kier molecular flexibility index (Phi) is 5.62. The van der Waals surface area contributed by atoms with Crippen LogP contribution in [0.15, 0.2) is 48.5 Å². The highest BCUT2D eigenvalue weighted by Gasteiger charge is 2.31. The van der Waals surface area contributed by atoms with Crippen LogP contribution in [0.4, 0.5) is 18.9 Å². The summed E-state index contributed by atoms with van der Waals surface area (Å²) >= 11 is 0.